The standard InChI is InChI=1S/C22H20NS.2CH3.Ti/c1-12-11-15-7-6-9-17(21(15)23-12)20-14(3)13(2)19-16-8-4-5-10-18(16)24-22(19)20;;;/h4-10,12,20H,11H2,1-3H3;2*1H3;/q3*-1;+3. The molecule has 0 amide bonds. The van der Waals surface area contributed by atoms with Gasteiger partial charge in [0.2, 0.25) is 0 Å². The summed E-state index contributed by atoms with van der Waals surface area (Å²) in [7, 11) is 0. The monoisotopic (exact) mass is 408 g/mol. The van der Waals surface area contributed by atoms with Crippen molar-refractivity contribution >= 4 is 32.7 Å². The van der Waals surface area contributed by atoms with Gasteiger partial charge in [0.15, 0.2) is 0 Å². The van der Waals surface area contributed by atoms with E-state index < -0.39 is 0 Å². The molecule has 2 heterocycles. The third-order valence-corrected chi connectivity index (χ3v) is 6.85. The molecule has 0 saturated carbocycles. The number of benzene rings is 2. The topological polar surface area (TPSA) is 14.1 Å². The van der Waals surface area contributed by atoms with Gasteiger partial charge in [0, 0.05) is 26.4 Å². The zero-order chi connectivity index (χ0) is 16.4. The SMILES string of the molecule is CC1=C(C)C(c2cccc3c2[N-]C(C)C3)c2sc3ccccc3c21.[CH3-].[CH3-].[Ti+3]. The van der Waals surface area contributed by atoms with Crippen LogP contribution >= 0.6 is 11.3 Å². The summed E-state index contributed by atoms with van der Waals surface area (Å²) in [5.74, 6) is 0.376. The average Bonchev–Trinajstić information content (AvgIpc) is 3.20. The van der Waals surface area contributed by atoms with Crippen LogP contribution in [-0.2, 0) is 28.1 Å². The van der Waals surface area contributed by atoms with Crippen LogP contribution in [0.4, 0.5) is 5.69 Å². The summed E-state index contributed by atoms with van der Waals surface area (Å²) in [5.41, 5.74) is 8.49. The van der Waals surface area contributed by atoms with E-state index in [1.807, 2.05) is 11.3 Å². The maximum absolute atomic E-state index is 4.96. The first-order chi connectivity index (χ1) is 11.6. The van der Waals surface area contributed by atoms with Crippen LogP contribution in [0.15, 0.2) is 48.0 Å². The van der Waals surface area contributed by atoms with E-state index in [-0.39, 0.29) is 36.6 Å². The molecule has 27 heavy (non-hydrogen) atoms. The minimum atomic E-state index is 0. The van der Waals surface area contributed by atoms with Gasteiger partial charge in [-0.25, -0.2) is 0 Å². The largest absolute Gasteiger partial charge is 3.00 e. The minimum Gasteiger partial charge on any atom is -0.681 e. The molecule has 2 aliphatic rings. The predicted octanol–water partition coefficient (Wildman–Crippen LogP) is 7.69. The number of nitrogens with zero attached hydrogens (tertiary/aromatic N) is 1. The minimum absolute atomic E-state index is 0. The van der Waals surface area contributed by atoms with Crippen LogP contribution in [0.2, 0.25) is 0 Å². The van der Waals surface area contributed by atoms with Crippen molar-refractivity contribution in [3.8, 4) is 0 Å². The smallest absolute Gasteiger partial charge is 0.681 e. The Balaban J connectivity index is 0.000000871. The molecule has 0 N–H and O–H groups in total. The van der Waals surface area contributed by atoms with Gasteiger partial charge >= 0.3 is 21.7 Å². The van der Waals surface area contributed by atoms with Gasteiger partial charge in [-0.05, 0) is 31.9 Å². The second-order valence-electron chi connectivity index (χ2n) is 7.12. The normalized spacial score (nSPS) is 19.5. The van der Waals surface area contributed by atoms with Crippen LogP contribution in [0.25, 0.3) is 21.0 Å². The Morgan fingerprint density at radius 3 is 2.52 bits per heavy atom. The predicted molar refractivity (Wildman–Crippen MR) is 117 cm³/mol. The second kappa shape index (κ2) is 7.95. The van der Waals surface area contributed by atoms with Crippen molar-refractivity contribution in [3.63, 3.8) is 0 Å². The van der Waals surface area contributed by atoms with Crippen LogP contribution in [-0.4, -0.2) is 6.04 Å². The first-order valence-corrected chi connectivity index (χ1v) is 9.48. The summed E-state index contributed by atoms with van der Waals surface area (Å²) in [6, 6.07) is 16.0. The summed E-state index contributed by atoms with van der Waals surface area (Å²) in [6.07, 6.45) is 1.08. The molecule has 2 atom stereocenters. The summed E-state index contributed by atoms with van der Waals surface area (Å²) < 4.78 is 1.40. The quantitative estimate of drug-likeness (QED) is 0.289. The Hall–Kier alpha value is -1.35. The van der Waals surface area contributed by atoms with Gasteiger partial charge in [-0.3, -0.25) is 0 Å². The van der Waals surface area contributed by atoms with Crippen LogP contribution in [0.1, 0.15) is 48.3 Å². The Labute approximate surface area is 182 Å². The fraction of sp³-hybridized carbons (Fsp3) is 0.250. The van der Waals surface area contributed by atoms with E-state index in [1.54, 1.807) is 0 Å². The number of para-hydroxylation sites is 1. The Morgan fingerprint density at radius 1 is 1.00 bits per heavy atom. The van der Waals surface area contributed by atoms with E-state index in [0.717, 1.165) is 6.42 Å². The van der Waals surface area contributed by atoms with Crippen molar-refractivity contribution < 1.29 is 21.7 Å². The van der Waals surface area contributed by atoms with Gasteiger partial charge in [-0.15, -0.1) is 23.1 Å². The van der Waals surface area contributed by atoms with E-state index >= 15 is 0 Å². The molecule has 0 saturated heterocycles. The summed E-state index contributed by atoms with van der Waals surface area (Å²) in [4.78, 5) is 1.51. The van der Waals surface area contributed by atoms with Crippen molar-refractivity contribution in [2.24, 2.45) is 0 Å². The Morgan fingerprint density at radius 2 is 1.74 bits per heavy atom. The van der Waals surface area contributed by atoms with Crippen molar-refractivity contribution in [2.75, 3.05) is 0 Å². The average molecular weight is 408 g/mol. The van der Waals surface area contributed by atoms with Crippen molar-refractivity contribution in [3.05, 3.63) is 89.8 Å². The number of allylic oxidation sites excluding steroid dienone is 2. The van der Waals surface area contributed by atoms with Crippen LogP contribution in [0.3, 0.4) is 0 Å². The van der Waals surface area contributed by atoms with Gasteiger partial charge in [0.1, 0.15) is 0 Å². The summed E-state index contributed by atoms with van der Waals surface area (Å²) in [6.45, 7) is 6.81. The molecule has 1 nitrogen and oxygen atoms in total. The number of hydrogen-bond acceptors (Lipinski definition) is 1. The van der Waals surface area contributed by atoms with E-state index in [2.05, 4.69) is 63.2 Å². The zero-order valence-electron chi connectivity index (χ0n) is 16.8. The molecule has 0 fully saturated rings. The Bertz CT molecular complexity index is 1010. The first-order valence-electron chi connectivity index (χ1n) is 8.67. The fourth-order valence-electron chi connectivity index (χ4n) is 4.39. The number of fused-ring (bicyclic) bond motifs is 4. The van der Waals surface area contributed by atoms with Gasteiger partial charge in [0.05, 0.1) is 0 Å². The molecular weight excluding hydrogens is 382 g/mol. The van der Waals surface area contributed by atoms with E-state index in [4.69, 9.17) is 5.32 Å². The van der Waals surface area contributed by atoms with Gasteiger partial charge < -0.3 is 20.2 Å². The van der Waals surface area contributed by atoms with Gasteiger partial charge in [-0.2, -0.15) is 0 Å². The number of thiophene rings is 1. The number of rotatable bonds is 1. The maximum atomic E-state index is 4.96. The molecule has 1 aliphatic carbocycles. The zero-order valence-corrected chi connectivity index (χ0v) is 19.1. The maximum Gasteiger partial charge on any atom is 3.00 e. The fourth-order valence-corrected chi connectivity index (χ4v) is 5.84. The molecule has 2 unspecified atom stereocenters. The summed E-state index contributed by atoms with van der Waals surface area (Å²) >= 11 is 1.96. The van der Waals surface area contributed by atoms with E-state index in [0.29, 0.717) is 12.0 Å². The molecule has 2 aromatic carbocycles. The molecule has 137 valence electrons. The molecule has 3 aromatic rings. The molecular formula is C24H26NSTi. The van der Waals surface area contributed by atoms with Crippen molar-refractivity contribution in [1.82, 2.24) is 0 Å². The van der Waals surface area contributed by atoms with E-state index in [9.17, 15) is 0 Å². The third kappa shape index (κ3) is 3.12. The molecule has 5 rings (SSSR count). The van der Waals surface area contributed by atoms with Crippen LogP contribution in [0.5, 0.6) is 0 Å². The van der Waals surface area contributed by atoms with Crippen LogP contribution in [0, 0.1) is 14.9 Å². The van der Waals surface area contributed by atoms with Crippen molar-refractivity contribution in [2.45, 2.75) is 39.2 Å². The van der Waals surface area contributed by atoms with E-state index in [1.165, 1.54) is 48.5 Å². The first kappa shape index (κ1) is 21.9. The van der Waals surface area contributed by atoms with Crippen LogP contribution < -0.4 is 0 Å². The molecule has 3 heteroatoms. The molecule has 0 spiro atoms. The summed E-state index contributed by atoms with van der Waals surface area (Å²) in [5, 5.41) is 6.38. The molecule has 1 radical (unpaired) electrons. The molecule has 1 aliphatic heterocycles. The van der Waals surface area contributed by atoms with Gasteiger partial charge in [0.25, 0.3) is 0 Å². The molecule has 0 bridgehead atoms. The third-order valence-electron chi connectivity index (χ3n) is 5.61. The number of hydrogen-bond donors (Lipinski definition) is 0. The van der Waals surface area contributed by atoms with Crippen molar-refractivity contribution in [1.29, 1.82) is 0 Å². The molecule has 1 aromatic heterocycles. The second-order valence-corrected chi connectivity index (χ2v) is 8.20. The van der Waals surface area contributed by atoms with Gasteiger partial charge in [-0.1, -0.05) is 60.0 Å². The Kier molecular flexibility index (Phi) is 6.46.